The lowest BCUT2D eigenvalue weighted by atomic mass is 9.83. The maximum absolute atomic E-state index is 12.1. The van der Waals surface area contributed by atoms with E-state index >= 15 is 0 Å². The first kappa shape index (κ1) is 27.3. The lowest BCUT2D eigenvalue weighted by molar-refractivity contribution is -0.348. The summed E-state index contributed by atoms with van der Waals surface area (Å²) in [6.45, 7) is -1.07. The molecule has 0 saturated carbocycles. The van der Waals surface area contributed by atoms with Gasteiger partial charge in [-0.15, -0.1) is 0 Å². The molecule has 12 atom stereocenters. The minimum absolute atomic E-state index is 0.257. The summed E-state index contributed by atoms with van der Waals surface area (Å²) in [5.74, 6) is -1.62. The van der Waals surface area contributed by atoms with Crippen LogP contribution < -0.4 is 0 Å². The highest BCUT2D eigenvalue weighted by molar-refractivity contribution is 5.89. The summed E-state index contributed by atoms with van der Waals surface area (Å²) >= 11 is 0. The Morgan fingerprint density at radius 1 is 1.00 bits per heavy atom. The monoisotopic (exact) mass is 520 g/mol. The highest BCUT2D eigenvalue weighted by atomic mass is 16.8. The van der Waals surface area contributed by atoms with Crippen LogP contribution in [0.25, 0.3) is 0 Å². The Kier molecular flexibility index (Phi) is 8.63. The molecule has 36 heavy (non-hydrogen) atoms. The molecule has 0 bridgehead atoms. The van der Waals surface area contributed by atoms with Crippen molar-refractivity contribution in [1.29, 1.82) is 0 Å². The van der Waals surface area contributed by atoms with Gasteiger partial charge in [0.1, 0.15) is 42.7 Å². The molecule has 0 aromatic heterocycles. The van der Waals surface area contributed by atoms with Gasteiger partial charge in [0.15, 0.2) is 12.6 Å². The summed E-state index contributed by atoms with van der Waals surface area (Å²) in [5.41, 5.74) is 0.807. The molecule has 0 amide bonds. The highest BCUT2D eigenvalue weighted by Crippen LogP contribution is 2.44. The third-order valence-electron chi connectivity index (χ3n) is 6.94. The maximum Gasteiger partial charge on any atom is 0.337 e. The number of carbonyl (C=O) groups excluding carboxylic acids is 1. The lowest BCUT2D eigenvalue weighted by Crippen LogP contribution is -2.61. The Balaban J connectivity index is 1.44. The number of hydrogen-bond acceptors (Lipinski definition) is 14. The second kappa shape index (κ2) is 11.4. The van der Waals surface area contributed by atoms with Crippen LogP contribution >= 0.6 is 0 Å². The second-order valence-corrected chi connectivity index (χ2v) is 9.11. The van der Waals surface area contributed by atoms with Gasteiger partial charge >= 0.3 is 5.97 Å². The highest BCUT2D eigenvalue weighted by Gasteiger charge is 2.50. The fraction of sp³-hybridized carbons (Fsp3) is 0.773. The Morgan fingerprint density at radius 3 is 2.42 bits per heavy atom. The van der Waals surface area contributed by atoms with Crippen LogP contribution in [0.15, 0.2) is 23.5 Å². The van der Waals surface area contributed by atoms with E-state index in [1.807, 2.05) is 0 Å². The number of methoxy groups -OCH3 is 1. The van der Waals surface area contributed by atoms with Gasteiger partial charge in [-0.25, -0.2) is 4.79 Å². The SMILES string of the molecule is COC(=O)C1=COC(OC2OC(COC3OCC(O)C(O)C3O)C(O)C(O)C2O)C2C(CO)=CCC12. The molecule has 0 radical (unpaired) electrons. The smallest absolute Gasteiger partial charge is 0.337 e. The summed E-state index contributed by atoms with van der Waals surface area (Å²) in [4.78, 5) is 12.1. The number of allylic oxidation sites excluding steroid dienone is 1. The minimum Gasteiger partial charge on any atom is -0.471 e. The summed E-state index contributed by atoms with van der Waals surface area (Å²) in [6, 6.07) is 0. The summed E-state index contributed by atoms with van der Waals surface area (Å²) in [6.07, 6.45) is -11.3. The van der Waals surface area contributed by atoms with Crippen molar-refractivity contribution in [2.75, 3.05) is 26.9 Å². The Hall–Kier alpha value is -1.69. The maximum atomic E-state index is 12.1. The molecule has 14 heteroatoms. The average molecular weight is 520 g/mol. The van der Waals surface area contributed by atoms with E-state index in [1.165, 1.54) is 13.4 Å². The van der Waals surface area contributed by atoms with Gasteiger partial charge in [0.05, 0.1) is 44.7 Å². The van der Waals surface area contributed by atoms with Crippen molar-refractivity contribution in [2.45, 2.75) is 68.0 Å². The van der Waals surface area contributed by atoms with Crippen molar-refractivity contribution >= 4 is 5.97 Å². The average Bonchev–Trinajstić information content (AvgIpc) is 3.32. The number of fused-ring (bicyclic) bond motifs is 1. The van der Waals surface area contributed by atoms with Crippen LogP contribution in [0.3, 0.4) is 0 Å². The zero-order valence-corrected chi connectivity index (χ0v) is 19.4. The molecule has 2 fully saturated rings. The molecule has 1 aliphatic carbocycles. The van der Waals surface area contributed by atoms with E-state index in [9.17, 15) is 40.5 Å². The van der Waals surface area contributed by atoms with Gasteiger partial charge in [-0.1, -0.05) is 6.08 Å². The van der Waals surface area contributed by atoms with Gasteiger partial charge in [-0.2, -0.15) is 0 Å². The van der Waals surface area contributed by atoms with Gasteiger partial charge in [0.25, 0.3) is 0 Å². The molecular weight excluding hydrogens is 488 g/mol. The van der Waals surface area contributed by atoms with E-state index in [0.717, 1.165) is 0 Å². The number of carbonyl (C=O) groups is 1. The predicted octanol–water partition coefficient (Wildman–Crippen LogP) is -3.77. The third-order valence-corrected chi connectivity index (χ3v) is 6.94. The van der Waals surface area contributed by atoms with Crippen molar-refractivity contribution < 1.29 is 69.0 Å². The molecular formula is C22H32O14. The van der Waals surface area contributed by atoms with Crippen LogP contribution in [0.4, 0.5) is 0 Å². The number of rotatable bonds is 7. The molecule has 2 saturated heterocycles. The van der Waals surface area contributed by atoms with Crippen molar-refractivity contribution in [3.05, 3.63) is 23.5 Å². The Bertz CT molecular complexity index is 847. The van der Waals surface area contributed by atoms with Crippen molar-refractivity contribution in [1.82, 2.24) is 0 Å². The summed E-state index contributed by atoms with van der Waals surface area (Å²) in [5, 5.41) is 70.4. The molecule has 4 aliphatic rings. The Morgan fingerprint density at radius 2 is 1.72 bits per heavy atom. The van der Waals surface area contributed by atoms with E-state index in [4.69, 9.17) is 28.4 Å². The molecule has 0 aromatic rings. The molecule has 4 rings (SSSR count). The van der Waals surface area contributed by atoms with Crippen molar-refractivity contribution in [3.8, 4) is 0 Å². The molecule has 7 N–H and O–H groups in total. The number of esters is 1. The zero-order chi connectivity index (χ0) is 26.1. The van der Waals surface area contributed by atoms with E-state index in [0.29, 0.717) is 12.0 Å². The van der Waals surface area contributed by atoms with Gasteiger partial charge < -0.3 is 64.2 Å². The molecule has 3 aliphatic heterocycles. The molecule has 0 spiro atoms. The predicted molar refractivity (Wildman–Crippen MR) is 113 cm³/mol. The van der Waals surface area contributed by atoms with E-state index < -0.39 is 86.0 Å². The quantitative estimate of drug-likeness (QED) is 0.127. The van der Waals surface area contributed by atoms with Crippen LogP contribution in [0.5, 0.6) is 0 Å². The van der Waals surface area contributed by atoms with E-state index in [1.54, 1.807) is 6.08 Å². The standard InChI is InChI=1S/C22H32O14/c1-31-19(30)10-5-32-20(13-8(4-23)2-3-9(10)13)36-22-18(29)16(27)15(26)12(35-22)7-34-21-17(28)14(25)11(24)6-33-21/h2,5,9,11-18,20-29H,3-4,6-7H2,1H3. The first-order chi connectivity index (χ1) is 17.2. The molecule has 14 nitrogen and oxygen atoms in total. The zero-order valence-electron chi connectivity index (χ0n) is 19.4. The van der Waals surface area contributed by atoms with Gasteiger partial charge in [-0.3, -0.25) is 0 Å². The first-order valence-corrected chi connectivity index (χ1v) is 11.5. The van der Waals surface area contributed by atoms with Gasteiger partial charge in [0.2, 0.25) is 6.29 Å². The summed E-state index contributed by atoms with van der Waals surface area (Å²) in [7, 11) is 1.23. The number of hydrogen-bond donors (Lipinski definition) is 7. The molecule has 0 aromatic carbocycles. The van der Waals surface area contributed by atoms with Crippen LogP contribution in [-0.2, 0) is 33.2 Å². The van der Waals surface area contributed by atoms with E-state index in [-0.39, 0.29) is 18.8 Å². The number of aliphatic hydroxyl groups is 7. The van der Waals surface area contributed by atoms with Crippen LogP contribution in [0.2, 0.25) is 0 Å². The largest absolute Gasteiger partial charge is 0.471 e. The normalized spacial score (nSPS) is 44.8. The van der Waals surface area contributed by atoms with Crippen molar-refractivity contribution in [3.63, 3.8) is 0 Å². The minimum atomic E-state index is -1.71. The molecule has 12 unspecified atom stereocenters. The molecule has 3 heterocycles. The van der Waals surface area contributed by atoms with E-state index in [2.05, 4.69) is 0 Å². The number of ether oxygens (including phenoxy) is 6. The lowest BCUT2D eigenvalue weighted by Gasteiger charge is -2.43. The Labute approximate surface area is 205 Å². The fourth-order valence-corrected chi connectivity index (χ4v) is 4.84. The second-order valence-electron chi connectivity index (χ2n) is 9.11. The van der Waals surface area contributed by atoms with Crippen LogP contribution in [0, 0.1) is 11.8 Å². The van der Waals surface area contributed by atoms with Crippen molar-refractivity contribution in [2.24, 2.45) is 11.8 Å². The first-order valence-electron chi connectivity index (χ1n) is 11.5. The van der Waals surface area contributed by atoms with Crippen LogP contribution in [-0.4, -0.2) is 130 Å². The van der Waals surface area contributed by atoms with Gasteiger partial charge in [-0.05, 0) is 12.0 Å². The third kappa shape index (κ3) is 5.16. The topological polar surface area (TPSA) is 214 Å². The summed E-state index contributed by atoms with van der Waals surface area (Å²) < 4.78 is 32.4. The fourth-order valence-electron chi connectivity index (χ4n) is 4.84. The van der Waals surface area contributed by atoms with Gasteiger partial charge in [0, 0.05) is 5.92 Å². The molecule has 204 valence electrons. The number of aliphatic hydroxyl groups excluding tert-OH is 7. The van der Waals surface area contributed by atoms with Crippen LogP contribution in [0.1, 0.15) is 6.42 Å².